The summed E-state index contributed by atoms with van der Waals surface area (Å²) in [5.41, 5.74) is 7.38. The fourth-order valence-corrected chi connectivity index (χ4v) is 2.89. The largest absolute Gasteiger partial charge is 0.481 e. The molecule has 1 fully saturated rings. The number of pyridine rings is 1. The van der Waals surface area contributed by atoms with Gasteiger partial charge in [-0.25, -0.2) is 4.98 Å². The first-order valence-electron chi connectivity index (χ1n) is 7.12. The Labute approximate surface area is 116 Å². The van der Waals surface area contributed by atoms with Crippen molar-refractivity contribution in [3.05, 3.63) is 23.9 Å². The third-order valence-electron chi connectivity index (χ3n) is 3.64. The molecule has 106 valence electrons. The highest BCUT2D eigenvalue weighted by Crippen LogP contribution is 2.30. The van der Waals surface area contributed by atoms with Gasteiger partial charge in [-0.2, -0.15) is 0 Å². The van der Waals surface area contributed by atoms with Crippen LogP contribution in [0, 0.1) is 5.92 Å². The third kappa shape index (κ3) is 3.45. The molecule has 2 atom stereocenters. The van der Waals surface area contributed by atoms with Crippen LogP contribution in [0.15, 0.2) is 18.2 Å². The number of methoxy groups -OCH3 is 1. The lowest BCUT2D eigenvalue weighted by Crippen LogP contribution is -2.47. The zero-order valence-corrected chi connectivity index (χ0v) is 12.2. The molecule has 4 nitrogen and oxygen atoms in total. The van der Waals surface area contributed by atoms with E-state index in [2.05, 4.69) is 29.8 Å². The Balaban J connectivity index is 2.24. The van der Waals surface area contributed by atoms with Gasteiger partial charge in [0, 0.05) is 18.7 Å². The summed E-state index contributed by atoms with van der Waals surface area (Å²) in [6.07, 6.45) is 2.24. The lowest BCUT2D eigenvalue weighted by molar-refractivity contribution is 0.110. The SMILES string of the molecule is COc1cccc(C2C(N)CCCN2CC(C)C)n1. The highest BCUT2D eigenvalue weighted by molar-refractivity contribution is 5.20. The summed E-state index contributed by atoms with van der Waals surface area (Å²) in [5.74, 6) is 1.30. The predicted molar refractivity (Wildman–Crippen MR) is 77.2 cm³/mol. The van der Waals surface area contributed by atoms with Crippen molar-refractivity contribution in [1.29, 1.82) is 0 Å². The molecule has 0 aliphatic carbocycles. The van der Waals surface area contributed by atoms with Gasteiger partial charge in [-0.05, 0) is 31.4 Å². The molecular weight excluding hydrogens is 238 g/mol. The summed E-state index contributed by atoms with van der Waals surface area (Å²) in [4.78, 5) is 7.05. The number of nitrogens with two attached hydrogens (primary N) is 1. The summed E-state index contributed by atoms with van der Waals surface area (Å²) in [5, 5.41) is 0. The molecule has 0 saturated carbocycles. The van der Waals surface area contributed by atoms with Crippen molar-refractivity contribution >= 4 is 0 Å². The molecule has 2 unspecified atom stereocenters. The van der Waals surface area contributed by atoms with Crippen molar-refractivity contribution < 1.29 is 4.74 Å². The minimum absolute atomic E-state index is 0.159. The molecule has 2 N–H and O–H groups in total. The first-order chi connectivity index (χ1) is 9.11. The number of hydrogen-bond acceptors (Lipinski definition) is 4. The molecule has 4 heteroatoms. The second kappa shape index (κ2) is 6.35. The predicted octanol–water partition coefficient (Wildman–Crippen LogP) is 2.21. The van der Waals surface area contributed by atoms with Crippen LogP contribution >= 0.6 is 0 Å². The van der Waals surface area contributed by atoms with Gasteiger partial charge in [0.1, 0.15) is 0 Å². The normalized spacial score (nSPS) is 24.7. The average molecular weight is 263 g/mol. The van der Waals surface area contributed by atoms with Crippen molar-refractivity contribution in [3.8, 4) is 5.88 Å². The highest BCUT2D eigenvalue weighted by atomic mass is 16.5. The quantitative estimate of drug-likeness (QED) is 0.905. The number of nitrogens with zero attached hydrogens (tertiary/aromatic N) is 2. The zero-order valence-electron chi connectivity index (χ0n) is 12.2. The van der Waals surface area contributed by atoms with Gasteiger partial charge in [-0.1, -0.05) is 19.9 Å². The number of hydrogen-bond donors (Lipinski definition) is 1. The van der Waals surface area contributed by atoms with Gasteiger partial charge in [0.25, 0.3) is 0 Å². The number of piperidine rings is 1. The van der Waals surface area contributed by atoms with E-state index in [-0.39, 0.29) is 12.1 Å². The van der Waals surface area contributed by atoms with E-state index in [9.17, 15) is 0 Å². The van der Waals surface area contributed by atoms with Gasteiger partial charge in [0.05, 0.1) is 18.8 Å². The van der Waals surface area contributed by atoms with Crippen molar-refractivity contribution in [3.63, 3.8) is 0 Å². The molecule has 0 amide bonds. The van der Waals surface area contributed by atoms with E-state index in [1.165, 1.54) is 6.42 Å². The summed E-state index contributed by atoms with van der Waals surface area (Å²) in [6, 6.07) is 6.31. The van der Waals surface area contributed by atoms with Gasteiger partial charge in [0.2, 0.25) is 5.88 Å². The van der Waals surface area contributed by atoms with E-state index in [0.29, 0.717) is 11.8 Å². The summed E-state index contributed by atoms with van der Waals surface area (Å²) in [6.45, 7) is 6.67. The van der Waals surface area contributed by atoms with E-state index in [0.717, 1.165) is 25.2 Å². The number of rotatable bonds is 4. The van der Waals surface area contributed by atoms with Crippen molar-refractivity contribution in [2.75, 3.05) is 20.2 Å². The minimum Gasteiger partial charge on any atom is -0.481 e. The van der Waals surface area contributed by atoms with E-state index >= 15 is 0 Å². The van der Waals surface area contributed by atoms with Crippen LogP contribution in [0.2, 0.25) is 0 Å². The highest BCUT2D eigenvalue weighted by Gasteiger charge is 2.31. The van der Waals surface area contributed by atoms with Gasteiger partial charge in [-0.15, -0.1) is 0 Å². The smallest absolute Gasteiger partial charge is 0.213 e. The maximum Gasteiger partial charge on any atom is 0.213 e. The Kier molecular flexibility index (Phi) is 4.77. The van der Waals surface area contributed by atoms with Crippen LogP contribution in [-0.2, 0) is 0 Å². The Bertz CT molecular complexity index is 408. The summed E-state index contributed by atoms with van der Waals surface area (Å²) >= 11 is 0. The van der Waals surface area contributed by atoms with Crippen LogP contribution in [0.5, 0.6) is 5.88 Å². The number of likely N-dealkylation sites (tertiary alicyclic amines) is 1. The Morgan fingerprint density at radius 3 is 2.95 bits per heavy atom. The molecule has 19 heavy (non-hydrogen) atoms. The summed E-state index contributed by atoms with van der Waals surface area (Å²) in [7, 11) is 1.65. The maximum absolute atomic E-state index is 6.35. The molecule has 1 aliphatic rings. The minimum atomic E-state index is 0.159. The average Bonchev–Trinajstić information content (AvgIpc) is 2.38. The molecule has 2 rings (SSSR count). The molecule has 2 heterocycles. The van der Waals surface area contributed by atoms with Crippen LogP contribution in [0.3, 0.4) is 0 Å². The van der Waals surface area contributed by atoms with Gasteiger partial charge >= 0.3 is 0 Å². The standard InChI is InChI=1S/C15H25N3O/c1-11(2)10-18-9-5-6-12(16)15(18)13-7-4-8-14(17-13)19-3/h4,7-8,11-12,15H,5-6,9-10,16H2,1-3H3. The molecule has 1 aromatic rings. The molecule has 0 radical (unpaired) electrons. The third-order valence-corrected chi connectivity index (χ3v) is 3.64. The first-order valence-corrected chi connectivity index (χ1v) is 7.12. The van der Waals surface area contributed by atoms with Crippen LogP contribution in [0.25, 0.3) is 0 Å². The molecule has 0 spiro atoms. The maximum atomic E-state index is 6.35. The summed E-state index contributed by atoms with van der Waals surface area (Å²) < 4.78 is 5.23. The van der Waals surface area contributed by atoms with Crippen LogP contribution in [0.1, 0.15) is 38.4 Å². The van der Waals surface area contributed by atoms with Gasteiger partial charge in [-0.3, -0.25) is 4.90 Å². The zero-order chi connectivity index (χ0) is 13.8. The Morgan fingerprint density at radius 1 is 1.47 bits per heavy atom. The lowest BCUT2D eigenvalue weighted by Gasteiger charge is -2.40. The monoisotopic (exact) mass is 263 g/mol. The fraction of sp³-hybridized carbons (Fsp3) is 0.667. The second-order valence-electron chi connectivity index (χ2n) is 5.74. The molecule has 1 saturated heterocycles. The van der Waals surface area contributed by atoms with Crippen molar-refractivity contribution in [1.82, 2.24) is 9.88 Å². The number of aromatic nitrogens is 1. The fourth-order valence-electron chi connectivity index (χ4n) is 2.89. The lowest BCUT2D eigenvalue weighted by atomic mass is 9.93. The van der Waals surface area contributed by atoms with E-state index < -0.39 is 0 Å². The van der Waals surface area contributed by atoms with Crippen LogP contribution < -0.4 is 10.5 Å². The molecule has 1 aliphatic heterocycles. The van der Waals surface area contributed by atoms with Crippen LogP contribution in [-0.4, -0.2) is 36.1 Å². The van der Waals surface area contributed by atoms with Crippen molar-refractivity contribution in [2.45, 2.75) is 38.8 Å². The Hall–Kier alpha value is -1.13. The second-order valence-corrected chi connectivity index (χ2v) is 5.74. The molecular formula is C15H25N3O. The molecule has 1 aromatic heterocycles. The topological polar surface area (TPSA) is 51.4 Å². The Morgan fingerprint density at radius 2 is 2.26 bits per heavy atom. The first kappa shape index (κ1) is 14.3. The molecule has 0 aromatic carbocycles. The van der Waals surface area contributed by atoms with E-state index in [1.807, 2.05) is 12.1 Å². The van der Waals surface area contributed by atoms with Gasteiger partial charge < -0.3 is 10.5 Å². The van der Waals surface area contributed by atoms with E-state index in [1.54, 1.807) is 7.11 Å². The van der Waals surface area contributed by atoms with Crippen LogP contribution in [0.4, 0.5) is 0 Å². The number of ether oxygens (including phenoxy) is 1. The van der Waals surface area contributed by atoms with E-state index in [4.69, 9.17) is 10.5 Å². The molecule has 0 bridgehead atoms. The van der Waals surface area contributed by atoms with Gasteiger partial charge in [0.15, 0.2) is 0 Å². The van der Waals surface area contributed by atoms with Crippen molar-refractivity contribution in [2.24, 2.45) is 11.7 Å².